The Labute approximate surface area is 164 Å². The lowest BCUT2D eigenvalue weighted by atomic mass is 10.1. The fourth-order valence-electron chi connectivity index (χ4n) is 3.04. The Hall–Kier alpha value is -3.41. The molecule has 144 valence electrons. The highest BCUT2D eigenvalue weighted by molar-refractivity contribution is 6.00. The first-order valence-electron chi connectivity index (χ1n) is 9.16. The molecule has 1 heterocycles. The Morgan fingerprint density at radius 3 is 2.32 bits per heavy atom. The van der Waals surface area contributed by atoms with Gasteiger partial charge in [-0.1, -0.05) is 48.5 Å². The first kappa shape index (κ1) is 19.4. The van der Waals surface area contributed by atoms with Crippen molar-refractivity contribution in [3.8, 4) is 0 Å². The van der Waals surface area contributed by atoms with Crippen LogP contribution in [-0.2, 0) is 11.3 Å². The van der Waals surface area contributed by atoms with Crippen LogP contribution < -0.4 is 10.6 Å². The van der Waals surface area contributed by atoms with Crippen LogP contribution >= 0.6 is 0 Å². The van der Waals surface area contributed by atoms with Crippen molar-refractivity contribution in [2.24, 2.45) is 0 Å². The van der Waals surface area contributed by atoms with E-state index in [2.05, 4.69) is 15.7 Å². The first-order valence-corrected chi connectivity index (χ1v) is 9.16. The molecule has 0 saturated heterocycles. The number of amides is 2. The van der Waals surface area contributed by atoms with Gasteiger partial charge in [-0.2, -0.15) is 5.10 Å². The molecular weight excluding hydrogens is 352 g/mol. The second-order valence-electron chi connectivity index (χ2n) is 6.78. The van der Waals surface area contributed by atoms with Crippen LogP contribution in [0.3, 0.4) is 0 Å². The van der Waals surface area contributed by atoms with Crippen molar-refractivity contribution in [3.63, 3.8) is 0 Å². The zero-order valence-corrected chi connectivity index (χ0v) is 16.3. The van der Waals surface area contributed by atoms with E-state index in [4.69, 9.17) is 0 Å². The van der Waals surface area contributed by atoms with E-state index in [0.717, 1.165) is 28.1 Å². The molecule has 0 aliphatic carbocycles. The van der Waals surface area contributed by atoms with E-state index < -0.39 is 0 Å². The minimum atomic E-state index is -0.312. The van der Waals surface area contributed by atoms with Gasteiger partial charge in [0.15, 0.2) is 0 Å². The number of anilines is 1. The van der Waals surface area contributed by atoms with Crippen molar-refractivity contribution in [2.45, 2.75) is 27.3 Å². The van der Waals surface area contributed by atoms with Gasteiger partial charge < -0.3 is 10.6 Å². The normalized spacial score (nSPS) is 10.5. The highest BCUT2D eigenvalue weighted by Crippen LogP contribution is 2.19. The van der Waals surface area contributed by atoms with Gasteiger partial charge in [0.1, 0.15) is 0 Å². The van der Waals surface area contributed by atoms with Gasteiger partial charge in [0, 0.05) is 11.4 Å². The molecule has 3 aromatic rings. The standard InChI is InChI=1S/C22H24N4O2/c1-15-8-7-9-16(2)21(15)25-20(27)13-23-22(28)19-12-24-26(17(19)3)14-18-10-5-4-6-11-18/h4-12H,13-14H2,1-3H3,(H,23,28)(H,25,27). The minimum Gasteiger partial charge on any atom is -0.343 e. The van der Waals surface area contributed by atoms with Crippen LogP contribution in [-0.4, -0.2) is 28.1 Å². The average Bonchev–Trinajstić information content (AvgIpc) is 3.04. The number of nitrogens with zero attached hydrogens (tertiary/aromatic N) is 2. The quantitative estimate of drug-likeness (QED) is 0.693. The highest BCUT2D eigenvalue weighted by Gasteiger charge is 2.16. The number of carbonyl (C=O) groups excluding carboxylic acids is 2. The highest BCUT2D eigenvalue weighted by atomic mass is 16.2. The van der Waals surface area contributed by atoms with Gasteiger partial charge in [0.2, 0.25) is 5.91 Å². The largest absolute Gasteiger partial charge is 0.343 e. The Morgan fingerprint density at radius 2 is 1.64 bits per heavy atom. The molecule has 0 aliphatic heterocycles. The zero-order chi connectivity index (χ0) is 20.1. The number of nitrogens with one attached hydrogen (secondary N) is 2. The van der Waals surface area contributed by atoms with Crippen molar-refractivity contribution in [1.82, 2.24) is 15.1 Å². The number of aryl methyl sites for hydroxylation is 2. The van der Waals surface area contributed by atoms with Crippen LogP contribution in [0.4, 0.5) is 5.69 Å². The molecule has 0 fully saturated rings. The summed E-state index contributed by atoms with van der Waals surface area (Å²) in [7, 11) is 0. The molecule has 2 N–H and O–H groups in total. The molecule has 6 heteroatoms. The summed E-state index contributed by atoms with van der Waals surface area (Å²) in [5.41, 5.74) is 5.09. The number of benzene rings is 2. The lowest BCUT2D eigenvalue weighted by molar-refractivity contribution is -0.115. The number of para-hydroxylation sites is 1. The van der Waals surface area contributed by atoms with Gasteiger partial charge in [0.25, 0.3) is 5.91 Å². The summed E-state index contributed by atoms with van der Waals surface area (Å²) in [5.74, 6) is -0.575. The summed E-state index contributed by atoms with van der Waals surface area (Å²) in [5, 5.41) is 9.84. The van der Waals surface area contributed by atoms with Crippen LogP contribution in [0.15, 0.2) is 54.7 Å². The second-order valence-corrected chi connectivity index (χ2v) is 6.78. The number of rotatable bonds is 6. The maximum absolute atomic E-state index is 12.5. The monoisotopic (exact) mass is 376 g/mol. The van der Waals surface area contributed by atoms with Crippen molar-refractivity contribution in [2.75, 3.05) is 11.9 Å². The minimum absolute atomic E-state index is 0.101. The van der Waals surface area contributed by atoms with E-state index in [0.29, 0.717) is 12.1 Å². The number of carbonyl (C=O) groups is 2. The molecule has 0 unspecified atom stereocenters. The third-order valence-corrected chi connectivity index (χ3v) is 4.68. The van der Waals surface area contributed by atoms with Crippen LogP contribution in [0, 0.1) is 20.8 Å². The van der Waals surface area contributed by atoms with E-state index in [1.54, 1.807) is 4.68 Å². The fourth-order valence-corrected chi connectivity index (χ4v) is 3.04. The van der Waals surface area contributed by atoms with Crippen molar-refractivity contribution in [1.29, 1.82) is 0 Å². The zero-order valence-electron chi connectivity index (χ0n) is 16.3. The smallest absolute Gasteiger partial charge is 0.255 e. The summed E-state index contributed by atoms with van der Waals surface area (Å²) in [4.78, 5) is 24.7. The van der Waals surface area contributed by atoms with E-state index in [1.807, 2.05) is 69.3 Å². The molecule has 0 atom stereocenters. The summed E-state index contributed by atoms with van der Waals surface area (Å²) in [6.07, 6.45) is 1.54. The van der Waals surface area contributed by atoms with Gasteiger partial charge in [-0.25, -0.2) is 0 Å². The summed E-state index contributed by atoms with van der Waals surface area (Å²) < 4.78 is 1.78. The van der Waals surface area contributed by atoms with Crippen LogP contribution in [0.2, 0.25) is 0 Å². The lowest BCUT2D eigenvalue weighted by Crippen LogP contribution is -2.33. The molecular formula is C22H24N4O2. The Morgan fingerprint density at radius 1 is 0.964 bits per heavy atom. The Kier molecular flexibility index (Phi) is 5.89. The summed E-state index contributed by atoms with van der Waals surface area (Å²) >= 11 is 0. The first-order chi connectivity index (χ1) is 13.5. The van der Waals surface area contributed by atoms with E-state index in [1.165, 1.54) is 6.20 Å². The molecule has 28 heavy (non-hydrogen) atoms. The van der Waals surface area contributed by atoms with Crippen LogP contribution in [0.25, 0.3) is 0 Å². The van der Waals surface area contributed by atoms with Gasteiger partial charge >= 0.3 is 0 Å². The second kappa shape index (κ2) is 8.52. The summed E-state index contributed by atoms with van der Waals surface area (Å²) in [6.45, 7) is 6.21. The van der Waals surface area contributed by atoms with Gasteiger partial charge in [-0.3, -0.25) is 14.3 Å². The van der Waals surface area contributed by atoms with E-state index in [9.17, 15) is 9.59 Å². The van der Waals surface area contributed by atoms with Crippen LogP contribution in [0.5, 0.6) is 0 Å². The third kappa shape index (κ3) is 4.46. The molecule has 6 nitrogen and oxygen atoms in total. The Bertz CT molecular complexity index is 973. The van der Waals surface area contributed by atoms with E-state index in [-0.39, 0.29) is 18.4 Å². The fraction of sp³-hybridized carbons (Fsp3) is 0.227. The molecule has 0 bridgehead atoms. The van der Waals surface area contributed by atoms with Crippen molar-refractivity contribution < 1.29 is 9.59 Å². The van der Waals surface area contributed by atoms with Gasteiger partial charge in [-0.05, 0) is 37.5 Å². The predicted octanol–water partition coefficient (Wildman–Crippen LogP) is 3.23. The molecule has 0 saturated carbocycles. The average molecular weight is 376 g/mol. The molecule has 0 spiro atoms. The molecule has 2 amide bonds. The molecule has 2 aromatic carbocycles. The number of hydrogen-bond acceptors (Lipinski definition) is 3. The predicted molar refractivity (Wildman–Crippen MR) is 109 cm³/mol. The lowest BCUT2D eigenvalue weighted by Gasteiger charge is -2.12. The SMILES string of the molecule is Cc1cccc(C)c1NC(=O)CNC(=O)c1cnn(Cc2ccccc2)c1C. The molecule has 0 radical (unpaired) electrons. The number of aromatic nitrogens is 2. The third-order valence-electron chi connectivity index (χ3n) is 4.68. The number of hydrogen-bond donors (Lipinski definition) is 2. The van der Waals surface area contributed by atoms with Crippen LogP contribution in [0.1, 0.15) is 32.7 Å². The van der Waals surface area contributed by atoms with Gasteiger partial charge in [-0.15, -0.1) is 0 Å². The maximum Gasteiger partial charge on any atom is 0.255 e. The maximum atomic E-state index is 12.5. The van der Waals surface area contributed by atoms with Gasteiger partial charge in [0.05, 0.1) is 24.8 Å². The van der Waals surface area contributed by atoms with Crippen molar-refractivity contribution in [3.05, 3.63) is 82.7 Å². The molecule has 1 aromatic heterocycles. The Balaban J connectivity index is 1.60. The molecule has 3 rings (SSSR count). The van der Waals surface area contributed by atoms with Crippen molar-refractivity contribution >= 4 is 17.5 Å². The summed E-state index contributed by atoms with van der Waals surface area (Å²) in [6, 6.07) is 15.7. The topological polar surface area (TPSA) is 76.0 Å². The van der Waals surface area contributed by atoms with E-state index >= 15 is 0 Å². The molecule has 0 aliphatic rings.